The first-order chi connectivity index (χ1) is 10.2. The number of hydrogen-bond acceptors (Lipinski definition) is 0. The zero-order valence-corrected chi connectivity index (χ0v) is 13.3. The van der Waals surface area contributed by atoms with Crippen LogP contribution in [0, 0.1) is 5.92 Å². The van der Waals surface area contributed by atoms with Gasteiger partial charge in [-0.05, 0) is 54.1 Å². The molecule has 0 aliphatic heterocycles. The molecule has 0 spiro atoms. The monoisotopic (exact) mass is 278 g/mol. The van der Waals surface area contributed by atoms with E-state index in [2.05, 4.69) is 74.5 Å². The van der Waals surface area contributed by atoms with E-state index in [1.54, 1.807) is 5.56 Å². The topological polar surface area (TPSA) is 0 Å². The van der Waals surface area contributed by atoms with Gasteiger partial charge in [0, 0.05) is 0 Å². The maximum Gasteiger partial charge on any atom is -0.00236 e. The lowest BCUT2D eigenvalue weighted by Gasteiger charge is -2.44. The third kappa shape index (κ3) is 2.77. The van der Waals surface area contributed by atoms with Crippen molar-refractivity contribution in [3.05, 3.63) is 71.8 Å². The highest BCUT2D eigenvalue weighted by Crippen LogP contribution is 2.48. The van der Waals surface area contributed by atoms with Crippen molar-refractivity contribution < 1.29 is 0 Å². The first-order valence-corrected chi connectivity index (χ1v) is 8.33. The molecule has 2 aromatic rings. The maximum absolute atomic E-state index is 2.40. The van der Waals surface area contributed by atoms with Crippen LogP contribution in [0.4, 0.5) is 0 Å². The highest BCUT2D eigenvalue weighted by atomic mass is 14.4. The van der Waals surface area contributed by atoms with Crippen molar-refractivity contribution in [1.29, 1.82) is 0 Å². The Morgan fingerprint density at radius 3 is 1.86 bits per heavy atom. The van der Waals surface area contributed by atoms with E-state index in [9.17, 15) is 0 Å². The molecule has 0 atom stereocenters. The van der Waals surface area contributed by atoms with Crippen LogP contribution < -0.4 is 0 Å². The largest absolute Gasteiger partial charge is 0.0622 e. The molecule has 0 nitrogen and oxygen atoms in total. The van der Waals surface area contributed by atoms with Crippen molar-refractivity contribution in [3.8, 4) is 0 Å². The van der Waals surface area contributed by atoms with E-state index < -0.39 is 0 Å². The summed E-state index contributed by atoms with van der Waals surface area (Å²) in [6, 6.07) is 22.3. The van der Waals surface area contributed by atoms with Crippen molar-refractivity contribution >= 4 is 0 Å². The molecule has 0 heterocycles. The average Bonchev–Trinajstić information content (AvgIpc) is 2.56. The SMILES string of the molecule is CC(C)C1(c2ccccc2)CCC(c2ccccc2)CC1. The van der Waals surface area contributed by atoms with Gasteiger partial charge in [-0.15, -0.1) is 0 Å². The van der Waals surface area contributed by atoms with Crippen molar-refractivity contribution in [3.63, 3.8) is 0 Å². The van der Waals surface area contributed by atoms with Gasteiger partial charge >= 0.3 is 0 Å². The Morgan fingerprint density at radius 2 is 1.33 bits per heavy atom. The number of rotatable bonds is 3. The average molecular weight is 278 g/mol. The van der Waals surface area contributed by atoms with Crippen LogP contribution in [-0.2, 0) is 5.41 Å². The highest BCUT2D eigenvalue weighted by Gasteiger charge is 2.39. The van der Waals surface area contributed by atoms with Gasteiger partial charge in [-0.3, -0.25) is 0 Å². The second kappa shape index (κ2) is 6.05. The van der Waals surface area contributed by atoms with Gasteiger partial charge in [-0.2, -0.15) is 0 Å². The van der Waals surface area contributed by atoms with Gasteiger partial charge in [0.2, 0.25) is 0 Å². The van der Waals surface area contributed by atoms with Crippen LogP contribution in [-0.4, -0.2) is 0 Å². The summed E-state index contributed by atoms with van der Waals surface area (Å²) in [4.78, 5) is 0. The van der Waals surface area contributed by atoms with Gasteiger partial charge in [-0.25, -0.2) is 0 Å². The lowest BCUT2D eigenvalue weighted by atomic mass is 9.60. The van der Waals surface area contributed by atoms with Gasteiger partial charge in [0.15, 0.2) is 0 Å². The van der Waals surface area contributed by atoms with E-state index in [1.807, 2.05) is 0 Å². The molecular weight excluding hydrogens is 252 g/mol. The predicted octanol–water partition coefficient (Wildman–Crippen LogP) is 5.94. The summed E-state index contributed by atoms with van der Waals surface area (Å²) in [5.41, 5.74) is 3.46. The van der Waals surface area contributed by atoms with Crippen molar-refractivity contribution in [2.45, 2.75) is 50.9 Å². The molecule has 3 rings (SSSR count). The first-order valence-electron chi connectivity index (χ1n) is 8.33. The molecule has 0 N–H and O–H groups in total. The quantitative estimate of drug-likeness (QED) is 0.652. The third-order valence-electron chi connectivity index (χ3n) is 5.60. The van der Waals surface area contributed by atoms with Crippen LogP contribution in [0.2, 0.25) is 0 Å². The number of benzene rings is 2. The van der Waals surface area contributed by atoms with Crippen LogP contribution in [0.1, 0.15) is 56.6 Å². The van der Waals surface area contributed by atoms with E-state index >= 15 is 0 Å². The Labute approximate surface area is 129 Å². The summed E-state index contributed by atoms with van der Waals surface area (Å²) in [5.74, 6) is 1.46. The Kier molecular flexibility index (Phi) is 4.14. The lowest BCUT2D eigenvalue weighted by molar-refractivity contribution is 0.201. The second-order valence-corrected chi connectivity index (χ2v) is 6.86. The fraction of sp³-hybridized carbons (Fsp3) is 0.429. The second-order valence-electron chi connectivity index (χ2n) is 6.86. The van der Waals surface area contributed by atoms with Gasteiger partial charge < -0.3 is 0 Å². The van der Waals surface area contributed by atoms with E-state index in [0.717, 1.165) is 5.92 Å². The smallest absolute Gasteiger partial charge is 0.00236 e. The van der Waals surface area contributed by atoms with Crippen LogP contribution >= 0.6 is 0 Å². The van der Waals surface area contributed by atoms with Crippen molar-refractivity contribution in [2.75, 3.05) is 0 Å². The number of hydrogen-bond donors (Lipinski definition) is 0. The Hall–Kier alpha value is -1.56. The summed E-state index contributed by atoms with van der Waals surface area (Å²) < 4.78 is 0. The summed E-state index contributed by atoms with van der Waals surface area (Å²) in [5, 5.41) is 0. The Morgan fingerprint density at radius 1 is 0.810 bits per heavy atom. The van der Waals surface area contributed by atoms with Crippen LogP contribution in [0.25, 0.3) is 0 Å². The van der Waals surface area contributed by atoms with Crippen LogP contribution in [0.3, 0.4) is 0 Å². The Balaban J connectivity index is 1.81. The fourth-order valence-corrected chi connectivity index (χ4v) is 4.16. The minimum absolute atomic E-state index is 0.381. The molecule has 1 fully saturated rings. The maximum atomic E-state index is 2.40. The van der Waals surface area contributed by atoms with E-state index in [1.165, 1.54) is 31.2 Å². The van der Waals surface area contributed by atoms with Crippen molar-refractivity contribution in [1.82, 2.24) is 0 Å². The van der Waals surface area contributed by atoms with E-state index in [0.29, 0.717) is 11.3 Å². The molecule has 0 bridgehead atoms. The highest BCUT2D eigenvalue weighted by molar-refractivity contribution is 5.29. The summed E-state index contributed by atoms with van der Waals surface area (Å²) >= 11 is 0. The van der Waals surface area contributed by atoms with Crippen LogP contribution in [0.5, 0.6) is 0 Å². The molecule has 0 radical (unpaired) electrons. The minimum atomic E-state index is 0.381. The normalized spacial score (nSPS) is 26.0. The van der Waals surface area contributed by atoms with Crippen LogP contribution in [0.15, 0.2) is 60.7 Å². The molecular formula is C21H26. The van der Waals surface area contributed by atoms with E-state index in [-0.39, 0.29) is 0 Å². The zero-order valence-electron chi connectivity index (χ0n) is 13.3. The molecule has 0 unspecified atom stereocenters. The lowest BCUT2D eigenvalue weighted by Crippen LogP contribution is -2.36. The third-order valence-corrected chi connectivity index (χ3v) is 5.60. The molecule has 21 heavy (non-hydrogen) atoms. The Bertz CT molecular complexity index is 545. The molecule has 2 aromatic carbocycles. The minimum Gasteiger partial charge on any atom is -0.0622 e. The van der Waals surface area contributed by atoms with Gasteiger partial charge in [-0.1, -0.05) is 74.5 Å². The zero-order chi connectivity index (χ0) is 14.7. The van der Waals surface area contributed by atoms with Gasteiger partial charge in [0.1, 0.15) is 0 Å². The molecule has 1 saturated carbocycles. The molecule has 0 amide bonds. The first kappa shape index (κ1) is 14.4. The molecule has 0 heteroatoms. The predicted molar refractivity (Wildman–Crippen MR) is 90.6 cm³/mol. The molecule has 1 aliphatic rings. The molecule has 1 aliphatic carbocycles. The standard InChI is InChI=1S/C21H26/c1-17(2)21(20-11-7-4-8-12-20)15-13-19(14-16-21)18-9-5-3-6-10-18/h3-12,17,19H,13-16H2,1-2H3. The summed E-state index contributed by atoms with van der Waals surface area (Å²) in [6.07, 6.45) is 5.26. The van der Waals surface area contributed by atoms with Gasteiger partial charge in [0.25, 0.3) is 0 Å². The van der Waals surface area contributed by atoms with Crippen molar-refractivity contribution in [2.24, 2.45) is 5.92 Å². The van der Waals surface area contributed by atoms with E-state index in [4.69, 9.17) is 0 Å². The summed E-state index contributed by atoms with van der Waals surface area (Å²) in [7, 11) is 0. The van der Waals surface area contributed by atoms with Gasteiger partial charge in [0.05, 0.1) is 0 Å². The summed E-state index contributed by atoms with van der Waals surface area (Å²) in [6.45, 7) is 4.80. The molecule has 0 saturated heterocycles. The molecule has 110 valence electrons. The molecule has 0 aromatic heterocycles. The fourth-order valence-electron chi connectivity index (χ4n) is 4.16.